The van der Waals surface area contributed by atoms with Crippen LogP contribution in [0.1, 0.15) is 39.4 Å². The summed E-state index contributed by atoms with van der Waals surface area (Å²) >= 11 is 1.23. The number of imide groups is 1. The lowest BCUT2D eigenvalue weighted by atomic mass is 10.1. The number of carbonyl (C=O) groups excluding carboxylic acids is 2. The van der Waals surface area contributed by atoms with Crippen LogP contribution < -0.4 is 11.1 Å². The van der Waals surface area contributed by atoms with Gasteiger partial charge in [-0.2, -0.15) is 0 Å². The molecule has 2 aromatic rings. The van der Waals surface area contributed by atoms with Gasteiger partial charge >= 0.3 is 6.03 Å². The summed E-state index contributed by atoms with van der Waals surface area (Å²) in [6, 6.07) is 8.86. The van der Waals surface area contributed by atoms with Crippen LogP contribution in [0.15, 0.2) is 35.5 Å². The standard InChI is InChI=1S/C17H23N5O2S/c1-10(2)13(15(23)20-16(18)24)25-17-19-14(11(3)4)22(21-17)12-8-6-5-7-9-12/h5-11,13H,1-4H3,(H3,18,20,23,24)/t13-/m1/s1. The van der Waals surface area contributed by atoms with Crippen molar-refractivity contribution in [2.75, 3.05) is 0 Å². The fraction of sp³-hybridized carbons (Fsp3) is 0.412. The third-order valence-electron chi connectivity index (χ3n) is 3.47. The van der Waals surface area contributed by atoms with Crippen molar-refractivity contribution < 1.29 is 9.59 Å². The Morgan fingerprint density at radius 3 is 2.32 bits per heavy atom. The number of aromatic nitrogens is 3. The Morgan fingerprint density at radius 1 is 1.16 bits per heavy atom. The number of nitrogens with one attached hydrogen (secondary N) is 1. The van der Waals surface area contributed by atoms with Crippen molar-refractivity contribution in [3.8, 4) is 5.69 Å². The molecule has 0 bridgehead atoms. The van der Waals surface area contributed by atoms with E-state index in [1.54, 1.807) is 4.68 Å². The van der Waals surface area contributed by atoms with Crippen LogP contribution in [0.25, 0.3) is 5.69 Å². The van der Waals surface area contributed by atoms with Crippen molar-refractivity contribution in [1.29, 1.82) is 0 Å². The normalized spacial score (nSPS) is 12.4. The summed E-state index contributed by atoms with van der Waals surface area (Å²) in [5, 5.41) is 6.67. The highest BCUT2D eigenvalue weighted by Gasteiger charge is 2.27. The molecular weight excluding hydrogens is 338 g/mol. The quantitative estimate of drug-likeness (QED) is 0.770. The van der Waals surface area contributed by atoms with Gasteiger partial charge in [-0.1, -0.05) is 57.7 Å². The molecule has 0 radical (unpaired) electrons. The summed E-state index contributed by atoms with van der Waals surface area (Å²) in [6.45, 7) is 7.88. The maximum Gasteiger partial charge on any atom is 0.318 e. The molecule has 3 N–H and O–H groups in total. The number of hydrogen-bond acceptors (Lipinski definition) is 5. The average molecular weight is 361 g/mol. The minimum atomic E-state index is -0.859. The zero-order valence-corrected chi connectivity index (χ0v) is 15.6. The van der Waals surface area contributed by atoms with E-state index in [9.17, 15) is 9.59 Å². The summed E-state index contributed by atoms with van der Waals surface area (Å²) in [6.07, 6.45) is 0. The second-order valence-electron chi connectivity index (χ2n) is 6.29. The number of amides is 3. The van der Waals surface area contributed by atoms with Gasteiger partial charge in [0.2, 0.25) is 11.1 Å². The summed E-state index contributed by atoms with van der Waals surface area (Å²) < 4.78 is 1.79. The molecule has 0 unspecified atom stereocenters. The molecule has 0 saturated heterocycles. The molecule has 1 aromatic carbocycles. The lowest BCUT2D eigenvalue weighted by Gasteiger charge is -2.16. The highest BCUT2D eigenvalue weighted by molar-refractivity contribution is 8.00. The summed E-state index contributed by atoms with van der Waals surface area (Å²) in [5.41, 5.74) is 5.96. The largest absolute Gasteiger partial charge is 0.351 e. The third-order valence-corrected chi connectivity index (χ3v) is 4.87. The Bertz CT molecular complexity index is 743. The topological polar surface area (TPSA) is 103 Å². The Hall–Kier alpha value is -2.35. The van der Waals surface area contributed by atoms with Gasteiger partial charge < -0.3 is 5.73 Å². The second kappa shape index (κ2) is 8.15. The van der Waals surface area contributed by atoms with Gasteiger partial charge in [-0.25, -0.2) is 14.5 Å². The molecule has 1 heterocycles. The molecule has 0 aliphatic rings. The molecular formula is C17H23N5O2S. The number of primary amides is 1. The fourth-order valence-corrected chi connectivity index (χ4v) is 3.23. The minimum Gasteiger partial charge on any atom is -0.351 e. The second-order valence-corrected chi connectivity index (χ2v) is 7.40. The number of thioether (sulfide) groups is 1. The highest BCUT2D eigenvalue weighted by Crippen LogP contribution is 2.28. The molecule has 0 saturated carbocycles. The van der Waals surface area contributed by atoms with Crippen LogP contribution in [-0.2, 0) is 4.79 Å². The van der Waals surface area contributed by atoms with Gasteiger partial charge in [0.05, 0.1) is 10.9 Å². The van der Waals surface area contributed by atoms with Crippen molar-refractivity contribution in [2.24, 2.45) is 11.7 Å². The van der Waals surface area contributed by atoms with Gasteiger partial charge in [0.25, 0.3) is 0 Å². The lowest BCUT2D eigenvalue weighted by Crippen LogP contribution is -2.42. The maximum atomic E-state index is 12.2. The number of urea groups is 1. The van der Waals surface area contributed by atoms with Crippen molar-refractivity contribution in [2.45, 2.75) is 44.0 Å². The number of para-hydroxylation sites is 1. The van der Waals surface area contributed by atoms with Gasteiger partial charge in [-0.15, -0.1) is 5.10 Å². The van der Waals surface area contributed by atoms with E-state index in [0.29, 0.717) is 5.16 Å². The fourth-order valence-electron chi connectivity index (χ4n) is 2.29. The predicted molar refractivity (Wildman–Crippen MR) is 97.7 cm³/mol. The Morgan fingerprint density at radius 2 is 1.80 bits per heavy atom. The number of benzene rings is 1. The summed E-state index contributed by atoms with van der Waals surface area (Å²) in [5.74, 6) is 0.524. The SMILES string of the molecule is CC(C)c1nc(S[C@@H](C(=O)NC(N)=O)C(C)C)nn1-c1ccccc1. The molecule has 2 rings (SSSR count). The van der Waals surface area contributed by atoms with Crippen LogP contribution in [0.2, 0.25) is 0 Å². The average Bonchev–Trinajstić information content (AvgIpc) is 2.96. The molecule has 7 nitrogen and oxygen atoms in total. The first-order valence-corrected chi connectivity index (χ1v) is 8.97. The number of nitrogens with zero attached hydrogens (tertiary/aromatic N) is 3. The zero-order valence-electron chi connectivity index (χ0n) is 14.8. The molecule has 0 fully saturated rings. The number of rotatable bonds is 6. The third kappa shape index (κ3) is 4.82. The number of nitrogens with two attached hydrogens (primary N) is 1. The van der Waals surface area contributed by atoms with Crippen LogP contribution in [0.5, 0.6) is 0 Å². The van der Waals surface area contributed by atoms with Crippen LogP contribution in [-0.4, -0.2) is 32.0 Å². The van der Waals surface area contributed by atoms with E-state index in [0.717, 1.165) is 11.5 Å². The van der Waals surface area contributed by atoms with Gasteiger partial charge in [-0.3, -0.25) is 10.1 Å². The molecule has 8 heteroatoms. The van der Waals surface area contributed by atoms with Gasteiger partial charge in [0.1, 0.15) is 5.82 Å². The van der Waals surface area contributed by atoms with Crippen molar-refractivity contribution in [3.63, 3.8) is 0 Å². The smallest absolute Gasteiger partial charge is 0.318 e. The van der Waals surface area contributed by atoms with Crippen LogP contribution in [0.3, 0.4) is 0 Å². The van der Waals surface area contributed by atoms with E-state index >= 15 is 0 Å². The number of hydrogen-bond donors (Lipinski definition) is 2. The summed E-state index contributed by atoms with van der Waals surface area (Å²) in [4.78, 5) is 27.8. The van der Waals surface area contributed by atoms with E-state index in [2.05, 4.69) is 15.4 Å². The van der Waals surface area contributed by atoms with Crippen molar-refractivity contribution >= 4 is 23.7 Å². The summed E-state index contributed by atoms with van der Waals surface area (Å²) in [7, 11) is 0. The van der Waals surface area contributed by atoms with Crippen LogP contribution in [0, 0.1) is 5.92 Å². The Balaban J connectivity index is 2.32. The van der Waals surface area contributed by atoms with E-state index in [4.69, 9.17) is 5.73 Å². The van der Waals surface area contributed by atoms with Gasteiger partial charge in [0, 0.05) is 5.92 Å². The Kier molecular flexibility index (Phi) is 6.19. The molecule has 1 atom stereocenters. The lowest BCUT2D eigenvalue weighted by molar-refractivity contribution is -0.120. The first-order chi connectivity index (χ1) is 11.8. The zero-order chi connectivity index (χ0) is 18.6. The van der Waals surface area contributed by atoms with Crippen LogP contribution >= 0.6 is 11.8 Å². The molecule has 0 aliphatic heterocycles. The molecule has 3 amide bonds. The molecule has 25 heavy (non-hydrogen) atoms. The molecule has 0 aliphatic carbocycles. The number of carbonyl (C=O) groups is 2. The van der Waals surface area contributed by atoms with Gasteiger partial charge in [0.15, 0.2) is 0 Å². The molecule has 0 spiro atoms. The molecule has 1 aromatic heterocycles. The van der Waals surface area contributed by atoms with Crippen molar-refractivity contribution in [3.05, 3.63) is 36.2 Å². The first-order valence-electron chi connectivity index (χ1n) is 8.09. The van der Waals surface area contributed by atoms with E-state index < -0.39 is 17.2 Å². The first kappa shape index (κ1) is 19.0. The predicted octanol–water partition coefficient (Wildman–Crippen LogP) is 2.70. The van der Waals surface area contributed by atoms with E-state index in [1.165, 1.54) is 11.8 Å². The van der Waals surface area contributed by atoms with E-state index in [-0.39, 0.29) is 11.8 Å². The van der Waals surface area contributed by atoms with Crippen molar-refractivity contribution in [1.82, 2.24) is 20.1 Å². The van der Waals surface area contributed by atoms with E-state index in [1.807, 2.05) is 58.0 Å². The highest BCUT2D eigenvalue weighted by atomic mass is 32.2. The van der Waals surface area contributed by atoms with Crippen LogP contribution in [0.4, 0.5) is 4.79 Å². The maximum absolute atomic E-state index is 12.2. The Labute approximate surface area is 151 Å². The minimum absolute atomic E-state index is 0.0180. The molecule has 134 valence electrons. The monoisotopic (exact) mass is 361 g/mol. The van der Waals surface area contributed by atoms with Gasteiger partial charge in [-0.05, 0) is 18.1 Å².